The zero-order chi connectivity index (χ0) is 12.3. The van der Waals surface area contributed by atoms with Crippen molar-refractivity contribution in [2.24, 2.45) is 5.92 Å². The maximum atomic E-state index is 11.8. The fraction of sp³-hybridized carbons (Fsp3) is 0.833. The lowest BCUT2D eigenvalue weighted by Crippen LogP contribution is -2.43. The molecule has 0 aliphatic carbocycles. The third-order valence-corrected chi connectivity index (χ3v) is 1.37. The Morgan fingerprint density at radius 1 is 1.13 bits per heavy atom. The Morgan fingerprint density at radius 2 is 1.53 bits per heavy atom. The molecule has 0 spiro atoms. The lowest BCUT2D eigenvalue weighted by molar-refractivity contribution is -0.281. The predicted octanol–water partition coefficient (Wildman–Crippen LogP) is 2.51. The van der Waals surface area contributed by atoms with Crippen LogP contribution in [0.15, 0.2) is 0 Å². The molecule has 0 bridgehead atoms. The summed E-state index contributed by atoms with van der Waals surface area (Å²) in [6, 6.07) is 0. The molecule has 0 saturated carbocycles. The van der Waals surface area contributed by atoms with E-state index in [2.05, 4.69) is 4.74 Å². The van der Waals surface area contributed by atoms with Gasteiger partial charge in [-0.25, -0.2) is 0 Å². The molecule has 0 radical (unpaired) electrons. The molecule has 15 heavy (non-hydrogen) atoms. The Hall–Kier alpha value is -0.660. The van der Waals surface area contributed by atoms with Crippen LogP contribution in [0.1, 0.15) is 0 Å². The summed E-state index contributed by atoms with van der Waals surface area (Å²) in [7, 11) is 0. The first-order valence-electron chi connectivity index (χ1n) is 3.46. The predicted molar refractivity (Wildman–Crippen MR) is 37.3 cm³/mol. The molecular formula is C6H5ClF6O2. The van der Waals surface area contributed by atoms with Crippen molar-refractivity contribution in [2.45, 2.75) is 12.4 Å². The fourth-order valence-electron chi connectivity index (χ4n) is 0.675. The van der Waals surface area contributed by atoms with E-state index in [9.17, 15) is 31.1 Å². The van der Waals surface area contributed by atoms with Gasteiger partial charge in [-0.05, 0) is 0 Å². The molecule has 0 aliphatic rings. The Morgan fingerprint density at radius 3 is 1.80 bits per heavy atom. The van der Waals surface area contributed by atoms with Crippen molar-refractivity contribution in [2.75, 3.05) is 12.5 Å². The van der Waals surface area contributed by atoms with E-state index in [4.69, 9.17) is 11.6 Å². The molecule has 0 fully saturated rings. The van der Waals surface area contributed by atoms with Gasteiger partial charge in [0.25, 0.3) is 0 Å². The van der Waals surface area contributed by atoms with Crippen LogP contribution in [-0.4, -0.2) is 30.8 Å². The van der Waals surface area contributed by atoms with Crippen molar-refractivity contribution in [3.05, 3.63) is 0 Å². The van der Waals surface area contributed by atoms with Gasteiger partial charge < -0.3 is 4.74 Å². The minimum atomic E-state index is -5.72. The molecule has 0 aromatic carbocycles. The van der Waals surface area contributed by atoms with Gasteiger partial charge in [-0.15, -0.1) is 11.6 Å². The molecule has 0 heterocycles. The second-order valence-corrected chi connectivity index (χ2v) is 2.75. The zero-order valence-corrected chi connectivity index (χ0v) is 7.71. The van der Waals surface area contributed by atoms with Crippen LogP contribution < -0.4 is 0 Å². The maximum absolute atomic E-state index is 11.8. The molecule has 0 saturated heterocycles. The van der Waals surface area contributed by atoms with E-state index in [1.807, 2.05) is 0 Å². The summed E-state index contributed by atoms with van der Waals surface area (Å²) in [5, 5.41) is 0. The van der Waals surface area contributed by atoms with Crippen LogP contribution in [0.5, 0.6) is 0 Å². The highest BCUT2D eigenvalue weighted by Crippen LogP contribution is 2.39. The number of carbonyl (C=O) groups excluding carboxylic acids is 1. The molecule has 0 rings (SSSR count). The second kappa shape index (κ2) is 4.91. The zero-order valence-electron chi connectivity index (χ0n) is 6.95. The molecule has 0 atom stereocenters. The summed E-state index contributed by atoms with van der Waals surface area (Å²) in [5.41, 5.74) is 0. The van der Waals surface area contributed by atoms with Crippen LogP contribution in [0.3, 0.4) is 0 Å². The molecule has 0 N–H and O–H groups in total. The number of rotatable bonds is 3. The highest BCUT2D eigenvalue weighted by atomic mass is 35.5. The minimum absolute atomic E-state index is 0.381. The lowest BCUT2D eigenvalue weighted by Gasteiger charge is -2.20. The molecule has 0 unspecified atom stereocenters. The van der Waals surface area contributed by atoms with Crippen LogP contribution in [0.25, 0.3) is 0 Å². The Balaban J connectivity index is 4.74. The number of esters is 1. The van der Waals surface area contributed by atoms with Gasteiger partial charge >= 0.3 is 18.3 Å². The summed E-state index contributed by atoms with van der Waals surface area (Å²) in [6.07, 6.45) is -11.4. The molecule has 2 nitrogen and oxygen atoms in total. The Kier molecular flexibility index (Phi) is 4.69. The van der Waals surface area contributed by atoms with Crippen LogP contribution >= 0.6 is 11.6 Å². The molecule has 0 aromatic rings. The lowest BCUT2D eigenvalue weighted by atomic mass is 10.1. The SMILES string of the molecule is O=C(OCCCl)C(C(F)(F)F)C(F)(F)F. The standard InChI is InChI=1S/C6H5ClF6O2/c7-1-2-15-4(14)3(5(8,9)10)6(11,12)13/h3H,1-2H2. The highest BCUT2D eigenvalue weighted by molar-refractivity contribution is 6.18. The van der Waals surface area contributed by atoms with E-state index in [1.54, 1.807) is 0 Å². The molecule has 9 heteroatoms. The van der Waals surface area contributed by atoms with E-state index < -0.39 is 30.8 Å². The first-order chi connectivity index (χ1) is 6.60. The normalized spacial score (nSPS) is 13.1. The van der Waals surface area contributed by atoms with Gasteiger partial charge in [0.15, 0.2) is 0 Å². The molecule has 0 aromatic heterocycles. The first-order valence-corrected chi connectivity index (χ1v) is 4.00. The fourth-order valence-corrected chi connectivity index (χ4v) is 0.752. The number of alkyl halides is 7. The number of ether oxygens (including phenoxy) is 1. The molecule has 0 aliphatic heterocycles. The number of carbonyl (C=O) groups is 1. The molecular weight excluding hydrogens is 254 g/mol. The Labute approximate surface area is 85.1 Å². The summed E-state index contributed by atoms with van der Waals surface area (Å²) in [6.45, 7) is -0.705. The number of hydrogen-bond acceptors (Lipinski definition) is 2. The van der Waals surface area contributed by atoms with Gasteiger partial charge in [-0.2, -0.15) is 26.3 Å². The summed E-state index contributed by atoms with van der Waals surface area (Å²) in [5.74, 6) is -6.89. The van der Waals surface area contributed by atoms with Gasteiger partial charge in [0.2, 0.25) is 5.92 Å². The van der Waals surface area contributed by atoms with Crippen molar-refractivity contribution in [1.82, 2.24) is 0 Å². The summed E-state index contributed by atoms with van der Waals surface area (Å²) < 4.78 is 74.7. The van der Waals surface area contributed by atoms with E-state index >= 15 is 0 Å². The third-order valence-electron chi connectivity index (χ3n) is 1.21. The van der Waals surface area contributed by atoms with Gasteiger partial charge in [0, 0.05) is 0 Å². The van der Waals surface area contributed by atoms with E-state index in [-0.39, 0.29) is 5.88 Å². The van der Waals surface area contributed by atoms with Gasteiger partial charge in [-0.1, -0.05) is 0 Å². The summed E-state index contributed by atoms with van der Waals surface area (Å²) in [4.78, 5) is 10.5. The average Bonchev–Trinajstić information content (AvgIpc) is 1.94. The van der Waals surface area contributed by atoms with Crippen LogP contribution in [0.2, 0.25) is 0 Å². The van der Waals surface area contributed by atoms with Gasteiger partial charge in [0.1, 0.15) is 6.61 Å². The Bertz CT molecular complexity index is 209. The van der Waals surface area contributed by atoms with Crippen LogP contribution in [0.4, 0.5) is 26.3 Å². The van der Waals surface area contributed by atoms with Gasteiger partial charge in [-0.3, -0.25) is 4.79 Å². The largest absolute Gasteiger partial charge is 0.464 e. The minimum Gasteiger partial charge on any atom is -0.464 e. The molecule has 90 valence electrons. The average molecular weight is 259 g/mol. The first kappa shape index (κ1) is 14.3. The van der Waals surface area contributed by atoms with Crippen LogP contribution in [0, 0.1) is 5.92 Å². The summed E-state index contributed by atoms with van der Waals surface area (Å²) >= 11 is 4.94. The monoisotopic (exact) mass is 258 g/mol. The van der Waals surface area contributed by atoms with Crippen molar-refractivity contribution in [3.8, 4) is 0 Å². The maximum Gasteiger partial charge on any atom is 0.411 e. The van der Waals surface area contributed by atoms with Crippen molar-refractivity contribution in [1.29, 1.82) is 0 Å². The highest BCUT2D eigenvalue weighted by Gasteiger charge is 2.62. The number of halogens is 7. The second-order valence-electron chi connectivity index (χ2n) is 2.37. The van der Waals surface area contributed by atoms with E-state index in [0.717, 1.165) is 0 Å². The quantitative estimate of drug-likeness (QED) is 0.442. The van der Waals surface area contributed by atoms with E-state index in [1.165, 1.54) is 0 Å². The molecule has 0 amide bonds. The topological polar surface area (TPSA) is 26.3 Å². The van der Waals surface area contributed by atoms with Crippen molar-refractivity contribution < 1.29 is 35.9 Å². The third kappa shape index (κ3) is 4.59. The van der Waals surface area contributed by atoms with Crippen molar-refractivity contribution >= 4 is 17.6 Å². The number of hydrogen-bond donors (Lipinski definition) is 0. The van der Waals surface area contributed by atoms with Crippen LogP contribution in [-0.2, 0) is 9.53 Å². The van der Waals surface area contributed by atoms with Gasteiger partial charge in [0.05, 0.1) is 5.88 Å². The van der Waals surface area contributed by atoms with E-state index in [0.29, 0.717) is 0 Å². The smallest absolute Gasteiger partial charge is 0.411 e. The van der Waals surface area contributed by atoms with Crippen molar-refractivity contribution in [3.63, 3.8) is 0 Å².